The van der Waals surface area contributed by atoms with Gasteiger partial charge in [0.05, 0.1) is 11.9 Å². The predicted octanol–water partition coefficient (Wildman–Crippen LogP) is 1.65. The second-order valence-electron chi connectivity index (χ2n) is 4.23. The summed E-state index contributed by atoms with van der Waals surface area (Å²) < 4.78 is 0. The Hall–Kier alpha value is -1.85. The molecule has 0 aliphatic carbocycles. The van der Waals surface area contributed by atoms with E-state index in [9.17, 15) is 9.59 Å². The van der Waals surface area contributed by atoms with E-state index in [1.54, 1.807) is 0 Å². The van der Waals surface area contributed by atoms with Crippen LogP contribution in [0.1, 0.15) is 45.4 Å². The molecule has 0 aliphatic rings. The lowest BCUT2D eigenvalue weighted by molar-refractivity contribution is -0.116. The number of carbonyl (C=O) groups is 1. The number of nitrogen functional groups attached to an aromatic ring is 1. The van der Waals surface area contributed by atoms with E-state index in [4.69, 9.17) is 5.73 Å². The molecule has 6 heteroatoms. The van der Waals surface area contributed by atoms with Gasteiger partial charge in [0.15, 0.2) is 0 Å². The number of rotatable bonds is 7. The molecule has 0 bridgehead atoms. The topological polar surface area (TPSA) is 101 Å². The molecule has 1 aromatic rings. The van der Waals surface area contributed by atoms with Crippen molar-refractivity contribution in [1.82, 2.24) is 9.97 Å². The van der Waals surface area contributed by atoms with Crippen LogP contribution in [0.4, 0.5) is 11.5 Å². The molecule has 0 aliphatic heterocycles. The Labute approximate surface area is 106 Å². The highest BCUT2D eigenvalue weighted by Crippen LogP contribution is 2.11. The van der Waals surface area contributed by atoms with E-state index in [2.05, 4.69) is 22.2 Å². The molecule has 1 amide bonds. The molecular formula is C12H20N4O2. The highest BCUT2D eigenvalue weighted by atomic mass is 16.2. The van der Waals surface area contributed by atoms with Crippen LogP contribution in [-0.2, 0) is 4.79 Å². The van der Waals surface area contributed by atoms with Gasteiger partial charge < -0.3 is 11.1 Å². The largest absolute Gasteiger partial charge is 0.395 e. The van der Waals surface area contributed by atoms with E-state index >= 15 is 0 Å². The smallest absolute Gasteiger partial charge is 0.346 e. The van der Waals surface area contributed by atoms with Crippen molar-refractivity contribution in [1.29, 1.82) is 0 Å². The predicted molar refractivity (Wildman–Crippen MR) is 71.3 cm³/mol. The number of hydrogen-bond donors (Lipinski definition) is 3. The molecule has 4 N–H and O–H groups in total. The molecule has 0 saturated heterocycles. The Morgan fingerprint density at radius 1 is 1.39 bits per heavy atom. The minimum atomic E-state index is -0.526. The van der Waals surface area contributed by atoms with Gasteiger partial charge in [-0.3, -0.25) is 9.78 Å². The van der Waals surface area contributed by atoms with Crippen LogP contribution in [-0.4, -0.2) is 15.9 Å². The van der Waals surface area contributed by atoms with Crippen molar-refractivity contribution >= 4 is 17.4 Å². The zero-order chi connectivity index (χ0) is 13.4. The third kappa shape index (κ3) is 4.99. The summed E-state index contributed by atoms with van der Waals surface area (Å²) in [6.45, 7) is 2.15. The van der Waals surface area contributed by atoms with E-state index < -0.39 is 5.69 Å². The summed E-state index contributed by atoms with van der Waals surface area (Å²) >= 11 is 0. The number of H-pyrrole nitrogens is 1. The van der Waals surface area contributed by atoms with Crippen LogP contribution in [0.2, 0.25) is 0 Å². The van der Waals surface area contributed by atoms with Gasteiger partial charge in [-0.1, -0.05) is 32.6 Å². The first-order valence-corrected chi connectivity index (χ1v) is 6.28. The van der Waals surface area contributed by atoms with Crippen LogP contribution in [0.5, 0.6) is 0 Å². The number of carbonyl (C=O) groups excluding carboxylic acids is 1. The number of nitrogens with two attached hydrogens (primary N) is 1. The summed E-state index contributed by atoms with van der Waals surface area (Å²) in [6, 6.07) is 0. The maximum Gasteiger partial charge on any atom is 0.346 e. The van der Waals surface area contributed by atoms with Crippen LogP contribution < -0.4 is 16.7 Å². The lowest BCUT2D eigenvalue weighted by atomic mass is 10.1. The number of anilines is 2. The fourth-order valence-corrected chi connectivity index (χ4v) is 1.60. The average molecular weight is 252 g/mol. The number of amides is 1. The normalized spacial score (nSPS) is 10.3. The van der Waals surface area contributed by atoms with E-state index in [1.807, 2.05) is 0 Å². The lowest BCUT2D eigenvalue weighted by Crippen LogP contribution is -2.19. The Morgan fingerprint density at radius 3 is 2.83 bits per heavy atom. The summed E-state index contributed by atoms with van der Waals surface area (Å²) in [6.07, 6.45) is 7.10. The van der Waals surface area contributed by atoms with Crippen molar-refractivity contribution in [3.63, 3.8) is 0 Å². The first kappa shape index (κ1) is 14.2. The van der Waals surface area contributed by atoms with Gasteiger partial charge in [-0.05, 0) is 6.42 Å². The highest BCUT2D eigenvalue weighted by Gasteiger charge is 2.06. The van der Waals surface area contributed by atoms with Crippen molar-refractivity contribution in [3.05, 3.63) is 16.7 Å². The third-order valence-corrected chi connectivity index (χ3v) is 2.61. The SMILES string of the molecule is CCCCCCCC(=O)Nc1[nH]c(=O)ncc1N. The van der Waals surface area contributed by atoms with Gasteiger partial charge in [0, 0.05) is 6.42 Å². The van der Waals surface area contributed by atoms with Crippen molar-refractivity contribution < 1.29 is 4.79 Å². The number of unbranched alkanes of at least 4 members (excludes halogenated alkanes) is 4. The average Bonchev–Trinajstić information content (AvgIpc) is 2.33. The van der Waals surface area contributed by atoms with E-state index in [0.29, 0.717) is 6.42 Å². The van der Waals surface area contributed by atoms with Crippen LogP contribution >= 0.6 is 0 Å². The molecule has 1 aromatic heterocycles. The van der Waals surface area contributed by atoms with Crippen LogP contribution in [0, 0.1) is 0 Å². The number of aromatic amines is 1. The Balaban J connectivity index is 2.35. The molecule has 0 aromatic carbocycles. The van der Waals surface area contributed by atoms with Gasteiger partial charge in [-0.25, -0.2) is 4.79 Å². The molecule has 0 unspecified atom stereocenters. The third-order valence-electron chi connectivity index (χ3n) is 2.61. The van der Waals surface area contributed by atoms with Gasteiger partial charge in [-0.2, -0.15) is 4.98 Å². The molecule has 0 saturated carbocycles. The van der Waals surface area contributed by atoms with Crippen molar-refractivity contribution in [2.24, 2.45) is 0 Å². The molecule has 100 valence electrons. The molecule has 0 fully saturated rings. The molecular weight excluding hydrogens is 232 g/mol. The van der Waals surface area contributed by atoms with Gasteiger partial charge >= 0.3 is 5.69 Å². The van der Waals surface area contributed by atoms with E-state index in [-0.39, 0.29) is 17.4 Å². The van der Waals surface area contributed by atoms with Crippen molar-refractivity contribution in [2.75, 3.05) is 11.1 Å². The van der Waals surface area contributed by atoms with E-state index in [1.165, 1.54) is 19.0 Å². The molecule has 1 rings (SSSR count). The summed E-state index contributed by atoms with van der Waals surface area (Å²) in [5.41, 5.74) is 5.32. The summed E-state index contributed by atoms with van der Waals surface area (Å²) in [5, 5.41) is 2.58. The fraction of sp³-hybridized carbons (Fsp3) is 0.583. The first-order valence-electron chi connectivity index (χ1n) is 6.28. The van der Waals surface area contributed by atoms with Crippen LogP contribution in [0.15, 0.2) is 11.0 Å². The van der Waals surface area contributed by atoms with Gasteiger partial charge in [0.25, 0.3) is 0 Å². The Kier molecular flexibility index (Phi) is 5.90. The lowest BCUT2D eigenvalue weighted by Gasteiger charge is -2.06. The number of nitrogens with one attached hydrogen (secondary N) is 2. The second-order valence-corrected chi connectivity index (χ2v) is 4.23. The minimum absolute atomic E-state index is 0.139. The quantitative estimate of drug-likeness (QED) is 0.642. The number of aromatic nitrogens is 2. The van der Waals surface area contributed by atoms with Gasteiger partial charge in [0.2, 0.25) is 5.91 Å². The van der Waals surface area contributed by atoms with Crippen LogP contribution in [0.25, 0.3) is 0 Å². The standard InChI is InChI=1S/C12H20N4O2/c1-2-3-4-5-6-7-10(17)15-11-9(13)8-14-12(18)16-11/h8H,2-7,13H2,1H3,(H2,14,15,16,17,18). The summed E-state index contributed by atoms with van der Waals surface area (Å²) in [5.74, 6) is 0.0913. The minimum Gasteiger partial charge on any atom is -0.395 e. The number of hydrogen-bond acceptors (Lipinski definition) is 4. The zero-order valence-corrected chi connectivity index (χ0v) is 10.7. The van der Waals surface area contributed by atoms with Crippen molar-refractivity contribution in [2.45, 2.75) is 45.4 Å². The van der Waals surface area contributed by atoms with Gasteiger partial charge in [0.1, 0.15) is 5.82 Å². The molecule has 0 radical (unpaired) electrons. The molecule has 6 nitrogen and oxygen atoms in total. The maximum absolute atomic E-state index is 11.6. The molecule has 0 spiro atoms. The Morgan fingerprint density at radius 2 is 2.11 bits per heavy atom. The molecule has 0 atom stereocenters. The maximum atomic E-state index is 11.6. The molecule has 18 heavy (non-hydrogen) atoms. The fourth-order valence-electron chi connectivity index (χ4n) is 1.60. The van der Waals surface area contributed by atoms with E-state index in [0.717, 1.165) is 19.3 Å². The first-order chi connectivity index (χ1) is 8.63. The monoisotopic (exact) mass is 252 g/mol. The Bertz CT molecular complexity index is 442. The zero-order valence-electron chi connectivity index (χ0n) is 10.7. The summed E-state index contributed by atoms with van der Waals surface area (Å²) in [7, 11) is 0. The second kappa shape index (κ2) is 7.47. The molecule has 1 heterocycles. The van der Waals surface area contributed by atoms with Crippen molar-refractivity contribution in [3.8, 4) is 0 Å². The van der Waals surface area contributed by atoms with Gasteiger partial charge in [-0.15, -0.1) is 0 Å². The highest BCUT2D eigenvalue weighted by molar-refractivity contribution is 5.92. The number of nitrogens with zero attached hydrogens (tertiary/aromatic N) is 1. The summed E-state index contributed by atoms with van der Waals surface area (Å²) in [4.78, 5) is 28.4. The van der Waals surface area contributed by atoms with Crippen LogP contribution in [0.3, 0.4) is 0 Å².